The van der Waals surface area contributed by atoms with Gasteiger partial charge in [-0.25, -0.2) is 9.37 Å². The summed E-state index contributed by atoms with van der Waals surface area (Å²) in [6.45, 7) is 6.48. The maximum atomic E-state index is 14.4. The molecule has 3 heterocycles. The molecule has 10 heteroatoms. The number of aliphatic carboxylic acids is 1. The fraction of sp³-hybridized carbons (Fsp3) is 0.444. The van der Waals surface area contributed by atoms with Gasteiger partial charge in [0.25, 0.3) is 0 Å². The number of halogens is 1. The highest BCUT2D eigenvalue weighted by Crippen LogP contribution is 2.43. The molecule has 2 atom stereocenters. The van der Waals surface area contributed by atoms with E-state index in [2.05, 4.69) is 24.0 Å². The van der Waals surface area contributed by atoms with Crippen molar-refractivity contribution in [3.8, 4) is 11.4 Å². The van der Waals surface area contributed by atoms with Crippen molar-refractivity contribution in [1.82, 2.24) is 19.7 Å². The predicted octanol–water partition coefficient (Wildman–Crippen LogP) is 4.81. The number of nitrogens with zero attached hydrogens (tertiary/aromatic N) is 3. The maximum Gasteiger partial charge on any atom is 0.306 e. The Morgan fingerprint density at radius 1 is 1.22 bits per heavy atom. The van der Waals surface area contributed by atoms with Crippen LogP contribution in [0.25, 0.3) is 27.8 Å². The Morgan fingerprint density at radius 2 is 1.97 bits per heavy atom. The minimum absolute atomic E-state index is 0.113. The third-order valence-electron chi connectivity index (χ3n) is 6.76. The average molecular weight is 513 g/mol. The zero-order valence-corrected chi connectivity index (χ0v) is 22.0. The first-order chi connectivity index (χ1) is 17.6. The van der Waals surface area contributed by atoms with Crippen molar-refractivity contribution in [3.05, 3.63) is 47.5 Å². The molecule has 0 fully saturated rings. The van der Waals surface area contributed by atoms with E-state index in [1.807, 2.05) is 10.6 Å². The van der Waals surface area contributed by atoms with Crippen LogP contribution in [0.15, 0.2) is 30.5 Å². The van der Waals surface area contributed by atoms with Crippen LogP contribution in [0, 0.1) is 11.7 Å². The SMILES string of the molecule is COC[C@@H](CC(C)C(=O)O)c1c(C(C)(C)COC)n(-c2ccc(F)c(OC)c2)c2cc3cn[nH]c3nc12. The highest BCUT2D eigenvalue weighted by molar-refractivity contribution is 5.94. The molecule has 0 aliphatic carbocycles. The number of benzene rings is 1. The van der Waals surface area contributed by atoms with Gasteiger partial charge < -0.3 is 23.9 Å². The third-order valence-corrected chi connectivity index (χ3v) is 6.76. The number of H-pyrrole nitrogens is 1. The first-order valence-electron chi connectivity index (χ1n) is 12.1. The first-order valence-corrected chi connectivity index (χ1v) is 12.1. The smallest absolute Gasteiger partial charge is 0.306 e. The average Bonchev–Trinajstić information content (AvgIpc) is 3.44. The number of fused-ring (bicyclic) bond motifs is 2. The third kappa shape index (κ3) is 4.91. The van der Waals surface area contributed by atoms with Crippen LogP contribution in [0.2, 0.25) is 0 Å². The Kier molecular flexibility index (Phi) is 7.52. The standard InChI is InChI=1S/C27H33FN4O5/c1-15(26(33)34)9-17(13-35-4)22-23-20(10-16-12-29-31-25(16)30-23)32(24(22)27(2,3)14-36-5)18-7-8-19(28)21(11-18)37-6/h7-8,10-12,15,17H,9,13-14H2,1-6H3,(H,33,34)(H,29,30,31)/t15?,17-/m1/s1. The quantitative estimate of drug-likeness (QED) is 0.297. The molecule has 9 nitrogen and oxygen atoms in total. The molecule has 0 bridgehead atoms. The van der Waals surface area contributed by atoms with Crippen molar-refractivity contribution in [3.63, 3.8) is 0 Å². The second-order valence-corrected chi connectivity index (χ2v) is 10.0. The number of carbonyl (C=O) groups is 1. The van der Waals surface area contributed by atoms with Gasteiger partial charge in [-0.3, -0.25) is 9.89 Å². The number of hydrogen-bond donors (Lipinski definition) is 2. The summed E-state index contributed by atoms with van der Waals surface area (Å²) in [5, 5.41) is 17.6. The minimum atomic E-state index is -0.880. The highest BCUT2D eigenvalue weighted by Gasteiger charge is 2.36. The van der Waals surface area contributed by atoms with Gasteiger partial charge in [0.1, 0.15) is 0 Å². The lowest BCUT2D eigenvalue weighted by Gasteiger charge is -2.30. The Balaban J connectivity index is 2.15. The lowest BCUT2D eigenvalue weighted by Crippen LogP contribution is -2.29. The van der Waals surface area contributed by atoms with Crippen molar-refractivity contribution in [1.29, 1.82) is 0 Å². The zero-order chi connectivity index (χ0) is 26.9. The molecule has 0 saturated heterocycles. The van der Waals surface area contributed by atoms with Gasteiger partial charge in [0, 0.05) is 53.9 Å². The Bertz CT molecular complexity index is 1430. The zero-order valence-electron chi connectivity index (χ0n) is 22.0. The van der Waals surface area contributed by atoms with Gasteiger partial charge in [-0.05, 0) is 24.6 Å². The normalized spacial score (nSPS) is 13.8. The summed E-state index contributed by atoms with van der Waals surface area (Å²) in [7, 11) is 4.67. The van der Waals surface area contributed by atoms with Crippen LogP contribution in [-0.2, 0) is 19.7 Å². The monoisotopic (exact) mass is 512 g/mol. The van der Waals surface area contributed by atoms with E-state index in [-0.39, 0.29) is 11.7 Å². The van der Waals surface area contributed by atoms with Gasteiger partial charge in [0.2, 0.25) is 0 Å². The van der Waals surface area contributed by atoms with E-state index >= 15 is 0 Å². The summed E-state index contributed by atoms with van der Waals surface area (Å²) < 4.78 is 33.0. The number of aromatic amines is 1. The molecule has 1 unspecified atom stereocenters. The van der Waals surface area contributed by atoms with E-state index in [0.717, 1.165) is 22.2 Å². The molecular weight excluding hydrogens is 479 g/mol. The van der Waals surface area contributed by atoms with E-state index in [4.69, 9.17) is 19.2 Å². The van der Waals surface area contributed by atoms with Gasteiger partial charge in [-0.1, -0.05) is 20.8 Å². The molecule has 4 aromatic rings. The predicted molar refractivity (Wildman–Crippen MR) is 138 cm³/mol. The van der Waals surface area contributed by atoms with Crippen LogP contribution in [0.4, 0.5) is 4.39 Å². The molecule has 4 rings (SSSR count). The highest BCUT2D eigenvalue weighted by atomic mass is 19.1. The van der Waals surface area contributed by atoms with Crippen LogP contribution in [0.1, 0.15) is 44.4 Å². The van der Waals surface area contributed by atoms with Crippen molar-refractivity contribution < 1.29 is 28.5 Å². The van der Waals surface area contributed by atoms with Crippen molar-refractivity contribution in [2.24, 2.45) is 5.92 Å². The molecule has 3 aromatic heterocycles. The number of carboxylic acids is 1. The molecule has 37 heavy (non-hydrogen) atoms. The molecule has 1 aromatic carbocycles. The minimum Gasteiger partial charge on any atom is -0.494 e. The molecule has 198 valence electrons. The maximum absolute atomic E-state index is 14.4. The molecule has 0 amide bonds. The van der Waals surface area contributed by atoms with E-state index < -0.39 is 23.1 Å². The number of pyridine rings is 1. The number of carboxylic acid groups (broad SMARTS) is 1. The number of rotatable bonds is 11. The number of hydrogen-bond acceptors (Lipinski definition) is 6. The van der Waals surface area contributed by atoms with Crippen molar-refractivity contribution in [2.45, 2.75) is 38.5 Å². The first kappa shape index (κ1) is 26.6. The van der Waals surface area contributed by atoms with Crippen molar-refractivity contribution >= 4 is 28.0 Å². The van der Waals surface area contributed by atoms with Crippen molar-refractivity contribution in [2.75, 3.05) is 34.5 Å². The van der Waals surface area contributed by atoms with Crippen LogP contribution in [0.3, 0.4) is 0 Å². The number of nitrogens with one attached hydrogen (secondary N) is 1. The van der Waals surface area contributed by atoms with Gasteiger partial charge >= 0.3 is 5.97 Å². The summed E-state index contributed by atoms with van der Waals surface area (Å²) in [6, 6.07) is 6.70. The van der Waals surface area contributed by atoms with Crippen LogP contribution >= 0.6 is 0 Å². The Hall–Kier alpha value is -3.50. The van der Waals surface area contributed by atoms with Gasteiger partial charge in [-0.15, -0.1) is 0 Å². The molecule has 0 spiro atoms. The Morgan fingerprint density at radius 3 is 2.62 bits per heavy atom. The van der Waals surface area contributed by atoms with Crippen LogP contribution in [0.5, 0.6) is 5.75 Å². The fourth-order valence-electron chi connectivity index (χ4n) is 5.13. The van der Waals surface area contributed by atoms with Crippen LogP contribution < -0.4 is 4.74 Å². The summed E-state index contributed by atoms with van der Waals surface area (Å²) in [4.78, 5) is 16.8. The lowest BCUT2D eigenvalue weighted by molar-refractivity contribution is -0.141. The second kappa shape index (κ2) is 10.5. The molecule has 0 aliphatic rings. The van der Waals surface area contributed by atoms with E-state index in [1.54, 1.807) is 39.5 Å². The molecule has 0 saturated carbocycles. The van der Waals surface area contributed by atoms with Gasteiger partial charge in [-0.2, -0.15) is 5.10 Å². The molecule has 0 radical (unpaired) electrons. The van der Waals surface area contributed by atoms with E-state index in [1.165, 1.54) is 13.2 Å². The number of ether oxygens (including phenoxy) is 3. The van der Waals surface area contributed by atoms with Gasteiger partial charge in [0.05, 0.1) is 43.5 Å². The van der Waals surface area contributed by atoms with Gasteiger partial charge in [0.15, 0.2) is 17.2 Å². The van der Waals surface area contributed by atoms with Crippen LogP contribution in [-0.4, -0.2) is 65.4 Å². The topological polar surface area (TPSA) is 111 Å². The largest absolute Gasteiger partial charge is 0.494 e. The summed E-state index contributed by atoms with van der Waals surface area (Å²) in [6.07, 6.45) is 2.04. The summed E-state index contributed by atoms with van der Waals surface area (Å²) >= 11 is 0. The second-order valence-electron chi connectivity index (χ2n) is 10.0. The number of methoxy groups -OCH3 is 3. The molecular formula is C27H33FN4O5. The summed E-state index contributed by atoms with van der Waals surface area (Å²) in [5.41, 5.74) is 3.97. The van der Waals surface area contributed by atoms with E-state index in [9.17, 15) is 14.3 Å². The summed E-state index contributed by atoms with van der Waals surface area (Å²) in [5.74, 6) is -2.14. The fourth-order valence-corrected chi connectivity index (χ4v) is 5.13. The van der Waals surface area contributed by atoms with E-state index in [0.29, 0.717) is 36.5 Å². The Labute approximate surface area is 214 Å². The molecule has 0 aliphatic heterocycles. The number of aromatic nitrogens is 4. The molecule has 2 N–H and O–H groups in total. The lowest BCUT2D eigenvalue weighted by atomic mass is 9.81.